The van der Waals surface area contributed by atoms with Crippen molar-refractivity contribution in [2.24, 2.45) is 5.92 Å². The van der Waals surface area contributed by atoms with Crippen LogP contribution in [0.25, 0.3) is 10.1 Å². The fourth-order valence-electron chi connectivity index (χ4n) is 2.80. The van der Waals surface area contributed by atoms with Crippen LogP contribution in [-0.4, -0.2) is 23.7 Å². The van der Waals surface area contributed by atoms with E-state index in [-0.39, 0.29) is 30.3 Å². The average molecular weight is 293 g/mol. The summed E-state index contributed by atoms with van der Waals surface area (Å²) < 4.78 is 13.9. The molecule has 3 rings (SSSR count). The van der Waals surface area contributed by atoms with Gasteiger partial charge in [-0.05, 0) is 36.4 Å². The topological polar surface area (TPSA) is 49.3 Å². The molecule has 2 aromatic rings. The van der Waals surface area contributed by atoms with Gasteiger partial charge in [-0.2, -0.15) is 0 Å². The lowest BCUT2D eigenvalue weighted by molar-refractivity contribution is 0.0920. The summed E-state index contributed by atoms with van der Waals surface area (Å²) in [5.41, 5.74) is 0. The summed E-state index contributed by atoms with van der Waals surface area (Å²) in [5, 5.41) is 13.1. The van der Waals surface area contributed by atoms with E-state index in [1.807, 2.05) is 0 Å². The van der Waals surface area contributed by atoms with Gasteiger partial charge in [0.1, 0.15) is 5.82 Å². The molecule has 2 unspecified atom stereocenters. The lowest BCUT2D eigenvalue weighted by Crippen LogP contribution is -2.38. The van der Waals surface area contributed by atoms with Gasteiger partial charge in [0.05, 0.1) is 4.88 Å². The van der Waals surface area contributed by atoms with Gasteiger partial charge in [-0.25, -0.2) is 4.39 Å². The zero-order valence-electron chi connectivity index (χ0n) is 10.9. The monoisotopic (exact) mass is 293 g/mol. The third-order valence-electron chi connectivity index (χ3n) is 3.92. The number of carbonyl (C=O) groups excluding carboxylic acids is 1. The Morgan fingerprint density at radius 1 is 1.40 bits per heavy atom. The summed E-state index contributed by atoms with van der Waals surface area (Å²) in [4.78, 5) is 12.8. The van der Waals surface area contributed by atoms with Gasteiger partial charge in [0.25, 0.3) is 5.91 Å². The number of fused-ring (bicyclic) bond motifs is 1. The summed E-state index contributed by atoms with van der Waals surface area (Å²) >= 11 is 1.30. The van der Waals surface area contributed by atoms with Crippen molar-refractivity contribution in [3.8, 4) is 0 Å². The highest BCUT2D eigenvalue weighted by Crippen LogP contribution is 2.28. The first-order valence-corrected chi connectivity index (χ1v) is 7.60. The molecule has 1 fully saturated rings. The number of halogens is 1. The van der Waals surface area contributed by atoms with Gasteiger partial charge in [0.15, 0.2) is 0 Å². The highest BCUT2D eigenvalue weighted by Gasteiger charge is 2.28. The summed E-state index contributed by atoms with van der Waals surface area (Å²) in [6.45, 7) is 0.114. The molecule has 1 saturated carbocycles. The Kier molecular flexibility index (Phi) is 3.72. The lowest BCUT2D eigenvalue weighted by Gasteiger charge is -2.18. The van der Waals surface area contributed by atoms with Crippen LogP contribution in [0.5, 0.6) is 0 Å². The minimum absolute atomic E-state index is 0.0504. The van der Waals surface area contributed by atoms with Crippen LogP contribution >= 0.6 is 11.3 Å². The maximum absolute atomic E-state index is 13.1. The van der Waals surface area contributed by atoms with Crippen molar-refractivity contribution in [2.45, 2.75) is 25.3 Å². The summed E-state index contributed by atoms with van der Waals surface area (Å²) in [6.07, 6.45) is 2.91. The van der Waals surface area contributed by atoms with Crippen LogP contribution in [0.1, 0.15) is 28.9 Å². The van der Waals surface area contributed by atoms with Gasteiger partial charge in [0.2, 0.25) is 0 Å². The van der Waals surface area contributed by atoms with Crippen molar-refractivity contribution < 1.29 is 14.3 Å². The molecule has 1 aromatic heterocycles. The van der Waals surface area contributed by atoms with E-state index in [1.54, 1.807) is 12.1 Å². The molecule has 0 saturated heterocycles. The van der Waals surface area contributed by atoms with E-state index in [1.165, 1.54) is 23.5 Å². The molecule has 3 nitrogen and oxygen atoms in total. The molecule has 20 heavy (non-hydrogen) atoms. The molecule has 1 aromatic carbocycles. The first-order valence-electron chi connectivity index (χ1n) is 6.78. The Labute approximate surface area is 120 Å². The molecule has 2 N–H and O–H groups in total. The van der Waals surface area contributed by atoms with Crippen LogP contribution < -0.4 is 5.32 Å². The maximum Gasteiger partial charge on any atom is 0.261 e. The Hall–Kier alpha value is -1.46. The van der Waals surface area contributed by atoms with Crippen LogP contribution in [0.15, 0.2) is 24.3 Å². The summed E-state index contributed by atoms with van der Waals surface area (Å²) in [6, 6.07) is 6.37. The second-order valence-corrected chi connectivity index (χ2v) is 6.33. The number of thiophene rings is 1. The minimum atomic E-state index is -0.289. The molecular weight excluding hydrogens is 277 g/mol. The quantitative estimate of drug-likeness (QED) is 0.914. The molecule has 1 aliphatic rings. The fraction of sp³-hybridized carbons (Fsp3) is 0.400. The zero-order chi connectivity index (χ0) is 14.1. The van der Waals surface area contributed by atoms with Gasteiger partial charge in [-0.1, -0.05) is 12.5 Å². The number of amides is 1. The van der Waals surface area contributed by atoms with Gasteiger partial charge >= 0.3 is 0 Å². The van der Waals surface area contributed by atoms with E-state index in [2.05, 4.69) is 5.32 Å². The highest BCUT2D eigenvalue weighted by molar-refractivity contribution is 7.20. The number of rotatable bonds is 3. The number of carbonyl (C=O) groups is 1. The van der Waals surface area contributed by atoms with Gasteiger partial charge < -0.3 is 10.4 Å². The highest BCUT2D eigenvalue weighted by atomic mass is 32.1. The van der Waals surface area contributed by atoms with E-state index in [9.17, 15) is 14.3 Å². The molecule has 1 heterocycles. The van der Waals surface area contributed by atoms with Crippen LogP contribution in [0.4, 0.5) is 4.39 Å². The molecule has 0 bridgehead atoms. The van der Waals surface area contributed by atoms with Crippen LogP contribution in [0.3, 0.4) is 0 Å². The molecule has 1 amide bonds. The van der Waals surface area contributed by atoms with Gasteiger partial charge in [0, 0.05) is 23.3 Å². The molecule has 5 heteroatoms. The predicted molar refractivity (Wildman–Crippen MR) is 77.5 cm³/mol. The number of aliphatic hydroxyl groups excluding tert-OH is 1. The SMILES string of the molecule is O=C(NC1CCCC1CO)c1cc2ccc(F)cc2s1. The van der Waals surface area contributed by atoms with Crippen molar-refractivity contribution >= 4 is 27.3 Å². The normalized spacial score (nSPS) is 22.3. The molecule has 2 atom stereocenters. The second-order valence-electron chi connectivity index (χ2n) is 5.25. The van der Waals surface area contributed by atoms with Gasteiger partial charge in [-0.15, -0.1) is 11.3 Å². The van der Waals surface area contributed by atoms with Crippen LogP contribution in [0, 0.1) is 11.7 Å². The first kappa shape index (κ1) is 13.5. The molecule has 0 spiro atoms. The predicted octanol–water partition coefficient (Wildman–Crippen LogP) is 2.93. The molecule has 0 aliphatic heterocycles. The third kappa shape index (κ3) is 2.55. The number of hydrogen-bond acceptors (Lipinski definition) is 3. The summed E-state index contributed by atoms with van der Waals surface area (Å²) in [5.74, 6) is -0.259. The van der Waals surface area contributed by atoms with E-state index < -0.39 is 0 Å². The average Bonchev–Trinajstić information content (AvgIpc) is 3.04. The number of hydrogen-bond donors (Lipinski definition) is 2. The van der Waals surface area contributed by atoms with Crippen molar-refractivity contribution in [3.63, 3.8) is 0 Å². The largest absolute Gasteiger partial charge is 0.396 e. The Morgan fingerprint density at radius 3 is 3.05 bits per heavy atom. The standard InChI is InChI=1S/C15H16FNO2S/c16-11-5-4-9-6-14(20-13(9)7-11)15(19)17-12-3-1-2-10(12)8-18/h4-7,10,12,18H,1-3,8H2,(H,17,19). The number of aliphatic hydroxyl groups is 1. The maximum atomic E-state index is 13.1. The molecule has 1 aliphatic carbocycles. The molecular formula is C15H16FNO2S. The Morgan fingerprint density at radius 2 is 2.25 bits per heavy atom. The molecule has 106 valence electrons. The van der Waals surface area contributed by atoms with Crippen molar-refractivity contribution in [2.75, 3.05) is 6.61 Å². The Balaban J connectivity index is 1.78. The van der Waals surface area contributed by atoms with E-state index in [0.29, 0.717) is 4.88 Å². The minimum Gasteiger partial charge on any atom is -0.396 e. The first-order chi connectivity index (χ1) is 9.67. The number of nitrogens with one attached hydrogen (secondary N) is 1. The second kappa shape index (κ2) is 5.50. The zero-order valence-corrected chi connectivity index (χ0v) is 11.8. The fourth-order valence-corrected chi connectivity index (χ4v) is 3.79. The van der Waals surface area contributed by atoms with Crippen molar-refractivity contribution in [3.05, 3.63) is 35.0 Å². The lowest BCUT2D eigenvalue weighted by atomic mass is 10.1. The van der Waals surface area contributed by atoms with E-state index in [4.69, 9.17) is 0 Å². The van der Waals surface area contributed by atoms with E-state index >= 15 is 0 Å². The third-order valence-corrected chi connectivity index (χ3v) is 5.01. The molecule has 0 radical (unpaired) electrons. The van der Waals surface area contributed by atoms with Crippen LogP contribution in [-0.2, 0) is 0 Å². The van der Waals surface area contributed by atoms with Crippen LogP contribution in [0.2, 0.25) is 0 Å². The van der Waals surface area contributed by atoms with Crippen molar-refractivity contribution in [1.82, 2.24) is 5.32 Å². The van der Waals surface area contributed by atoms with E-state index in [0.717, 1.165) is 29.3 Å². The van der Waals surface area contributed by atoms with Crippen molar-refractivity contribution in [1.29, 1.82) is 0 Å². The number of benzene rings is 1. The Bertz CT molecular complexity index is 640. The smallest absolute Gasteiger partial charge is 0.261 e. The summed E-state index contributed by atoms with van der Waals surface area (Å²) in [7, 11) is 0. The van der Waals surface area contributed by atoms with Gasteiger partial charge in [-0.3, -0.25) is 4.79 Å².